The topological polar surface area (TPSA) is 18.5 Å². The van der Waals surface area contributed by atoms with Crippen molar-refractivity contribution in [3.63, 3.8) is 0 Å². The van der Waals surface area contributed by atoms with Crippen LogP contribution in [-0.4, -0.2) is 44.2 Å². The van der Waals surface area contributed by atoms with Crippen molar-refractivity contribution in [2.75, 3.05) is 24.7 Å². The summed E-state index contributed by atoms with van der Waals surface area (Å²) >= 11 is 1.95. The molecule has 80 valence electrons. The molecule has 0 saturated heterocycles. The molecule has 13 heavy (non-hydrogen) atoms. The zero-order chi connectivity index (χ0) is 9.78. The molecule has 0 aliphatic carbocycles. The molecule has 0 N–H and O–H groups in total. The van der Waals surface area contributed by atoms with Crippen LogP contribution in [0.15, 0.2) is 0 Å². The van der Waals surface area contributed by atoms with Gasteiger partial charge in [-0.05, 0) is 12.1 Å². The van der Waals surface area contributed by atoms with E-state index in [0.29, 0.717) is 0 Å². The van der Waals surface area contributed by atoms with Gasteiger partial charge in [0.2, 0.25) is 0 Å². The van der Waals surface area contributed by atoms with E-state index < -0.39 is 0 Å². The Bertz CT molecular complexity index is 86.2. The van der Waals surface area contributed by atoms with E-state index in [1.165, 1.54) is 12.1 Å². The van der Waals surface area contributed by atoms with E-state index in [2.05, 4.69) is 13.8 Å². The van der Waals surface area contributed by atoms with Crippen LogP contribution >= 0.6 is 11.8 Å². The van der Waals surface area contributed by atoms with Gasteiger partial charge < -0.3 is 8.85 Å². The Hall–Kier alpha value is 0.704. The van der Waals surface area contributed by atoms with Gasteiger partial charge in [-0.25, -0.2) is 0 Å². The third-order valence-corrected chi connectivity index (χ3v) is 4.32. The van der Waals surface area contributed by atoms with Gasteiger partial charge in [0.1, 0.15) is 0 Å². The second kappa shape index (κ2) is 12.7. The van der Waals surface area contributed by atoms with Crippen molar-refractivity contribution in [2.24, 2.45) is 0 Å². The van der Waals surface area contributed by atoms with E-state index in [1.807, 2.05) is 11.8 Å². The van der Waals surface area contributed by atoms with Gasteiger partial charge in [-0.3, -0.25) is 0 Å². The molecular formula is C8H22O2SSi2. The van der Waals surface area contributed by atoms with Crippen LogP contribution in [0.4, 0.5) is 0 Å². The maximum atomic E-state index is 5.50. The summed E-state index contributed by atoms with van der Waals surface area (Å²) in [4.78, 5) is 0. The Balaban J connectivity index is 2.76. The summed E-state index contributed by atoms with van der Waals surface area (Å²) in [6.07, 6.45) is 0. The molecule has 0 spiro atoms. The second-order valence-electron chi connectivity index (χ2n) is 2.84. The molecule has 0 atom stereocenters. The van der Waals surface area contributed by atoms with Crippen molar-refractivity contribution < 1.29 is 8.85 Å². The first-order chi connectivity index (χ1) is 6.41. The van der Waals surface area contributed by atoms with Gasteiger partial charge in [0, 0.05) is 24.7 Å². The van der Waals surface area contributed by atoms with Crippen LogP contribution in [-0.2, 0) is 8.85 Å². The third kappa shape index (κ3) is 12.7. The van der Waals surface area contributed by atoms with E-state index in [0.717, 1.165) is 24.7 Å². The summed E-state index contributed by atoms with van der Waals surface area (Å²) < 4.78 is 11.0. The van der Waals surface area contributed by atoms with Crippen molar-refractivity contribution in [3.05, 3.63) is 0 Å². The minimum absolute atomic E-state index is 0.164. The lowest BCUT2D eigenvalue weighted by atomic mass is 10.9. The predicted octanol–water partition coefficient (Wildman–Crippen LogP) is 0.797. The molecular weight excluding hydrogens is 216 g/mol. The SMILES string of the molecule is CC[SiH2]OCCSCCO[SiH2]CC. The van der Waals surface area contributed by atoms with E-state index in [4.69, 9.17) is 8.85 Å². The highest BCUT2D eigenvalue weighted by Crippen LogP contribution is 1.99. The Kier molecular flexibility index (Phi) is 13.4. The Morgan fingerprint density at radius 3 is 1.77 bits per heavy atom. The highest BCUT2D eigenvalue weighted by atomic mass is 32.2. The minimum Gasteiger partial charge on any atom is -0.423 e. The molecule has 0 aromatic heterocycles. The molecule has 0 heterocycles. The fourth-order valence-electron chi connectivity index (χ4n) is 0.831. The molecule has 0 radical (unpaired) electrons. The number of hydrogen-bond donors (Lipinski definition) is 0. The highest BCUT2D eigenvalue weighted by Gasteiger charge is 1.90. The molecule has 0 aliphatic heterocycles. The number of rotatable bonds is 10. The molecule has 0 amide bonds. The Labute approximate surface area is 91.0 Å². The third-order valence-electron chi connectivity index (χ3n) is 1.44. The molecule has 0 saturated carbocycles. The van der Waals surface area contributed by atoms with Gasteiger partial charge in [-0.1, -0.05) is 13.8 Å². The smallest absolute Gasteiger partial charge is 0.161 e. The average Bonchev–Trinajstić information content (AvgIpc) is 2.16. The van der Waals surface area contributed by atoms with Crippen LogP contribution < -0.4 is 0 Å². The fourth-order valence-corrected chi connectivity index (χ4v) is 3.20. The second-order valence-corrected chi connectivity index (χ2v) is 7.69. The van der Waals surface area contributed by atoms with Crippen molar-refractivity contribution >= 4 is 31.3 Å². The van der Waals surface area contributed by atoms with Gasteiger partial charge >= 0.3 is 0 Å². The molecule has 2 nitrogen and oxygen atoms in total. The van der Waals surface area contributed by atoms with Crippen molar-refractivity contribution in [3.8, 4) is 0 Å². The summed E-state index contributed by atoms with van der Waals surface area (Å²) in [6, 6.07) is 2.52. The summed E-state index contributed by atoms with van der Waals surface area (Å²) in [6.45, 7) is 6.30. The predicted molar refractivity (Wildman–Crippen MR) is 67.3 cm³/mol. The van der Waals surface area contributed by atoms with Gasteiger partial charge in [0.15, 0.2) is 19.5 Å². The molecule has 0 bridgehead atoms. The quantitative estimate of drug-likeness (QED) is 0.414. The number of hydrogen-bond acceptors (Lipinski definition) is 3. The summed E-state index contributed by atoms with van der Waals surface area (Å²) in [5, 5.41) is 0. The van der Waals surface area contributed by atoms with Crippen molar-refractivity contribution in [1.82, 2.24) is 0 Å². The van der Waals surface area contributed by atoms with Gasteiger partial charge in [0.05, 0.1) is 0 Å². The van der Waals surface area contributed by atoms with E-state index in [-0.39, 0.29) is 19.5 Å². The molecule has 0 fully saturated rings. The Morgan fingerprint density at radius 1 is 0.923 bits per heavy atom. The maximum Gasteiger partial charge on any atom is 0.161 e. The van der Waals surface area contributed by atoms with Crippen LogP contribution in [0.3, 0.4) is 0 Å². The minimum atomic E-state index is -0.164. The van der Waals surface area contributed by atoms with E-state index in [1.54, 1.807) is 0 Å². The monoisotopic (exact) mass is 238 g/mol. The van der Waals surface area contributed by atoms with E-state index >= 15 is 0 Å². The van der Waals surface area contributed by atoms with Crippen LogP contribution in [0.5, 0.6) is 0 Å². The van der Waals surface area contributed by atoms with Crippen LogP contribution in [0.1, 0.15) is 13.8 Å². The fraction of sp³-hybridized carbons (Fsp3) is 1.00. The van der Waals surface area contributed by atoms with E-state index in [9.17, 15) is 0 Å². The van der Waals surface area contributed by atoms with Crippen molar-refractivity contribution in [2.45, 2.75) is 25.9 Å². The standard InChI is InChI=1S/C8H22O2SSi2/c1-3-12-9-5-7-11-8-6-10-13-4-2/h3-8,12-13H2,1-2H3. The molecule has 0 aliphatic rings. The summed E-state index contributed by atoms with van der Waals surface area (Å²) in [7, 11) is -0.327. The maximum absolute atomic E-state index is 5.50. The first-order valence-electron chi connectivity index (χ1n) is 5.15. The zero-order valence-corrected chi connectivity index (χ0v) is 12.5. The molecule has 0 aromatic rings. The molecule has 5 heteroatoms. The lowest BCUT2D eigenvalue weighted by molar-refractivity contribution is 0.360. The zero-order valence-electron chi connectivity index (χ0n) is 8.88. The summed E-state index contributed by atoms with van der Waals surface area (Å²) in [5.74, 6) is 2.29. The van der Waals surface area contributed by atoms with Crippen LogP contribution in [0.25, 0.3) is 0 Å². The lowest BCUT2D eigenvalue weighted by Crippen LogP contribution is -2.04. The van der Waals surface area contributed by atoms with Crippen molar-refractivity contribution in [1.29, 1.82) is 0 Å². The first kappa shape index (κ1) is 13.7. The first-order valence-corrected chi connectivity index (χ1v) is 9.46. The lowest BCUT2D eigenvalue weighted by Gasteiger charge is -2.03. The average molecular weight is 239 g/mol. The molecule has 0 unspecified atom stereocenters. The van der Waals surface area contributed by atoms with Crippen LogP contribution in [0, 0.1) is 0 Å². The summed E-state index contributed by atoms with van der Waals surface area (Å²) in [5.41, 5.74) is 0. The van der Waals surface area contributed by atoms with Gasteiger partial charge in [0.25, 0.3) is 0 Å². The molecule has 0 aromatic carbocycles. The number of thioether (sulfide) groups is 1. The normalized spacial score (nSPS) is 12.5. The highest BCUT2D eigenvalue weighted by molar-refractivity contribution is 7.99. The van der Waals surface area contributed by atoms with Gasteiger partial charge in [-0.2, -0.15) is 11.8 Å². The molecule has 0 rings (SSSR count). The van der Waals surface area contributed by atoms with Crippen LogP contribution in [0.2, 0.25) is 12.1 Å². The largest absolute Gasteiger partial charge is 0.423 e. The van der Waals surface area contributed by atoms with Gasteiger partial charge in [-0.15, -0.1) is 0 Å². The Morgan fingerprint density at radius 2 is 1.38 bits per heavy atom.